The number of nitriles is 1. The molecule has 0 radical (unpaired) electrons. The lowest BCUT2D eigenvalue weighted by Gasteiger charge is -2.31. The van der Waals surface area contributed by atoms with Crippen molar-refractivity contribution < 1.29 is 9.72 Å². The Bertz CT molecular complexity index is 604. The van der Waals surface area contributed by atoms with Crippen LogP contribution in [0.1, 0.15) is 5.56 Å². The van der Waals surface area contributed by atoms with Crippen LogP contribution < -0.4 is 5.32 Å². The van der Waals surface area contributed by atoms with Crippen molar-refractivity contribution in [2.24, 2.45) is 0 Å². The number of nitro benzene ring substituents is 1. The highest BCUT2D eigenvalue weighted by molar-refractivity contribution is 5.92. The minimum atomic E-state index is -0.475. The van der Waals surface area contributed by atoms with Gasteiger partial charge in [0.05, 0.1) is 11.0 Å². The number of carbonyl (C=O) groups excluding carboxylic acids is 1. The molecule has 108 valence electrons. The molecule has 1 aliphatic heterocycles. The molecular formula is C14H14N4O3. The molecule has 0 aliphatic carbocycles. The smallest absolute Gasteiger partial charge is 0.269 e. The van der Waals surface area contributed by atoms with Gasteiger partial charge in [-0.1, -0.05) is 0 Å². The average Bonchev–Trinajstić information content (AvgIpc) is 2.52. The van der Waals surface area contributed by atoms with Crippen LogP contribution >= 0.6 is 0 Å². The summed E-state index contributed by atoms with van der Waals surface area (Å²) in [4.78, 5) is 23.6. The molecule has 2 rings (SSSR count). The minimum Gasteiger partial charge on any atom is -0.321 e. The zero-order valence-electron chi connectivity index (χ0n) is 11.2. The van der Waals surface area contributed by atoms with Crippen molar-refractivity contribution in [2.75, 3.05) is 19.6 Å². The third kappa shape index (κ3) is 3.64. The summed E-state index contributed by atoms with van der Waals surface area (Å²) in [6.45, 7) is 1.62. The van der Waals surface area contributed by atoms with E-state index in [1.807, 2.05) is 0 Å². The van der Waals surface area contributed by atoms with Crippen LogP contribution in [-0.4, -0.2) is 41.4 Å². The van der Waals surface area contributed by atoms with E-state index in [4.69, 9.17) is 5.26 Å². The van der Waals surface area contributed by atoms with Crippen LogP contribution in [0.2, 0.25) is 0 Å². The van der Waals surface area contributed by atoms with E-state index in [-0.39, 0.29) is 11.6 Å². The van der Waals surface area contributed by atoms with Gasteiger partial charge in [0.15, 0.2) is 0 Å². The Morgan fingerprint density at radius 3 is 2.81 bits per heavy atom. The Kier molecular flexibility index (Phi) is 4.64. The van der Waals surface area contributed by atoms with Crippen molar-refractivity contribution in [1.29, 1.82) is 5.26 Å². The molecule has 1 aromatic carbocycles. The fourth-order valence-corrected chi connectivity index (χ4v) is 2.05. The number of nitro groups is 1. The van der Waals surface area contributed by atoms with Gasteiger partial charge in [-0.15, -0.1) is 0 Å². The summed E-state index contributed by atoms with van der Waals surface area (Å²) in [7, 11) is 0. The van der Waals surface area contributed by atoms with Crippen molar-refractivity contribution >= 4 is 17.7 Å². The van der Waals surface area contributed by atoms with Gasteiger partial charge in [0, 0.05) is 37.8 Å². The van der Waals surface area contributed by atoms with Gasteiger partial charge in [0.1, 0.15) is 6.04 Å². The molecule has 1 saturated heterocycles. The highest BCUT2D eigenvalue weighted by Crippen LogP contribution is 2.13. The summed E-state index contributed by atoms with van der Waals surface area (Å²) >= 11 is 0. The number of benzene rings is 1. The first-order chi connectivity index (χ1) is 10.1. The van der Waals surface area contributed by atoms with Crippen LogP contribution in [0.3, 0.4) is 0 Å². The number of hydrogen-bond acceptors (Lipinski definition) is 5. The fraction of sp³-hybridized carbons (Fsp3) is 0.286. The molecule has 0 aromatic heterocycles. The second-order valence-corrected chi connectivity index (χ2v) is 4.56. The number of nitrogens with one attached hydrogen (secondary N) is 1. The van der Waals surface area contributed by atoms with Crippen LogP contribution in [0.4, 0.5) is 5.69 Å². The van der Waals surface area contributed by atoms with Gasteiger partial charge < -0.3 is 10.2 Å². The Hall–Kier alpha value is -2.72. The molecule has 7 heteroatoms. The summed E-state index contributed by atoms with van der Waals surface area (Å²) < 4.78 is 0. The van der Waals surface area contributed by atoms with E-state index >= 15 is 0 Å². The van der Waals surface area contributed by atoms with Gasteiger partial charge in [-0.3, -0.25) is 14.9 Å². The van der Waals surface area contributed by atoms with Gasteiger partial charge in [-0.2, -0.15) is 5.26 Å². The quantitative estimate of drug-likeness (QED) is 0.506. The second-order valence-electron chi connectivity index (χ2n) is 4.56. The first-order valence-corrected chi connectivity index (χ1v) is 6.45. The number of amides is 1. The van der Waals surface area contributed by atoms with Crippen LogP contribution in [0.5, 0.6) is 0 Å². The number of hydrogen-bond donors (Lipinski definition) is 1. The molecule has 1 N–H and O–H groups in total. The first-order valence-electron chi connectivity index (χ1n) is 6.45. The molecule has 7 nitrogen and oxygen atoms in total. The van der Waals surface area contributed by atoms with Crippen molar-refractivity contribution in [2.45, 2.75) is 6.04 Å². The minimum absolute atomic E-state index is 0.00475. The largest absolute Gasteiger partial charge is 0.321 e. The van der Waals surface area contributed by atoms with E-state index in [2.05, 4.69) is 11.4 Å². The fourth-order valence-electron chi connectivity index (χ4n) is 2.05. The topological polar surface area (TPSA) is 99.3 Å². The molecule has 1 heterocycles. The van der Waals surface area contributed by atoms with E-state index in [0.717, 1.165) is 0 Å². The molecule has 1 unspecified atom stereocenters. The molecule has 0 saturated carbocycles. The average molecular weight is 286 g/mol. The summed E-state index contributed by atoms with van der Waals surface area (Å²) in [6.07, 6.45) is 2.97. The number of rotatable bonds is 3. The lowest BCUT2D eigenvalue weighted by atomic mass is 10.1. The van der Waals surface area contributed by atoms with Crippen molar-refractivity contribution in [1.82, 2.24) is 10.2 Å². The normalized spacial score (nSPS) is 18.4. The lowest BCUT2D eigenvalue weighted by molar-refractivity contribution is -0.384. The maximum Gasteiger partial charge on any atom is 0.269 e. The van der Waals surface area contributed by atoms with Gasteiger partial charge in [-0.05, 0) is 23.8 Å². The predicted molar refractivity (Wildman–Crippen MR) is 76.1 cm³/mol. The molecule has 1 atom stereocenters. The van der Waals surface area contributed by atoms with Crippen LogP contribution in [0, 0.1) is 21.4 Å². The van der Waals surface area contributed by atoms with E-state index in [0.29, 0.717) is 25.2 Å². The first kappa shape index (κ1) is 14.7. The number of carbonyl (C=O) groups is 1. The van der Waals surface area contributed by atoms with E-state index in [1.165, 1.54) is 23.1 Å². The van der Waals surface area contributed by atoms with Gasteiger partial charge >= 0.3 is 0 Å². The number of nitrogens with zero attached hydrogens (tertiary/aromatic N) is 3. The maximum atomic E-state index is 12.1. The molecule has 1 aliphatic rings. The van der Waals surface area contributed by atoms with E-state index in [9.17, 15) is 14.9 Å². The van der Waals surface area contributed by atoms with E-state index < -0.39 is 11.0 Å². The van der Waals surface area contributed by atoms with Crippen LogP contribution in [0.25, 0.3) is 6.08 Å². The molecule has 1 amide bonds. The Balaban J connectivity index is 2.04. The number of non-ortho nitro benzene ring substituents is 1. The third-order valence-electron chi connectivity index (χ3n) is 3.20. The third-order valence-corrected chi connectivity index (χ3v) is 3.20. The van der Waals surface area contributed by atoms with Crippen LogP contribution in [0.15, 0.2) is 30.3 Å². The summed E-state index contributed by atoms with van der Waals surface area (Å²) in [5.41, 5.74) is 0.697. The van der Waals surface area contributed by atoms with Gasteiger partial charge in [-0.25, -0.2) is 0 Å². The Morgan fingerprint density at radius 1 is 1.48 bits per heavy atom. The maximum absolute atomic E-state index is 12.1. The van der Waals surface area contributed by atoms with Crippen LogP contribution in [-0.2, 0) is 4.79 Å². The monoisotopic (exact) mass is 286 g/mol. The number of piperazine rings is 1. The molecule has 0 bridgehead atoms. The molecule has 0 spiro atoms. The molecule has 1 fully saturated rings. The molecule has 1 aromatic rings. The van der Waals surface area contributed by atoms with Crippen molar-refractivity contribution in [3.8, 4) is 6.07 Å². The van der Waals surface area contributed by atoms with Gasteiger partial charge in [0.2, 0.25) is 5.91 Å². The zero-order valence-corrected chi connectivity index (χ0v) is 11.2. The van der Waals surface area contributed by atoms with Gasteiger partial charge in [0.25, 0.3) is 5.69 Å². The molecular weight excluding hydrogens is 272 g/mol. The summed E-state index contributed by atoms with van der Waals surface area (Å²) in [5, 5.41) is 22.6. The van der Waals surface area contributed by atoms with Crippen molar-refractivity contribution in [3.05, 3.63) is 46.0 Å². The standard InChI is InChI=1S/C14H14N4O3/c15-9-13-10-16-7-8-17(13)14(19)6-3-11-1-4-12(5-2-11)18(20)21/h1-6,13,16H,7-8,10H2. The highest BCUT2D eigenvalue weighted by Gasteiger charge is 2.24. The predicted octanol–water partition coefficient (Wildman–Crippen LogP) is 0.932. The Labute approximate surface area is 121 Å². The van der Waals surface area contributed by atoms with Crippen molar-refractivity contribution in [3.63, 3.8) is 0 Å². The zero-order chi connectivity index (χ0) is 15.2. The lowest BCUT2D eigenvalue weighted by Crippen LogP contribution is -2.52. The highest BCUT2D eigenvalue weighted by atomic mass is 16.6. The Morgan fingerprint density at radius 2 is 2.19 bits per heavy atom. The van der Waals surface area contributed by atoms with E-state index in [1.54, 1.807) is 18.2 Å². The SMILES string of the molecule is N#CC1CNCCN1C(=O)C=Cc1ccc([N+](=O)[O-])cc1. The summed E-state index contributed by atoms with van der Waals surface area (Å²) in [6, 6.07) is 7.53. The second kappa shape index (κ2) is 6.63. The molecule has 21 heavy (non-hydrogen) atoms. The summed E-state index contributed by atoms with van der Waals surface area (Å²) in [5.74, 6) is -0.235.